The Morgan fingerprint density at radius 3 is 2.43 bits per heavy atom. The van der Waals surface area contributed by atoms with E-state index in [0.717, 1.165) is 15.5 Å². The molecule has 0 aliphatic rings. The maximum atomic E-state index is 10.6. The number of rotatable bonds is 9. The fourth-order valence-electron chi connectivity index (χ4n) is 2.09. The van der Waals surface area contributed by atoms with Crippen LogP contribution in [-0.4, -0.2) is 9.91 Å². The second-order valence-electron chi connectivity index (χ2n) is 5.49. The first-order valence-corrected chi connectivity index (χ1v) is 10.3. The quantitative estimate of drug-likeness (QED) is 0.189. The van der Waals surface area contributed by atoms with Crippen LogP contribution in [0.3, 0.4) is 0 Å². The average Bonchev–Trinajstić information content (AvgIpc) is 2.72. The van der Waals surface area contributed by atoms with E-state index in [-0.39, 0.29) is 11.6 Å². The molecule has 142 valence electrons. The van der Waals surface area contributed by atoms with Gasteiger partial charge < -0.3 is 9.47 Å². The Morgan fingerprint density at radius 2 is 1.79 bits per heavy atom. The van der Waals surface area contributed by atoms with Gasteiger partial charge in [-0.2, -0.15) is 0 Å². The first-order valence-electron chi connectivity index (χ1n) is 8.19. The highest BCUT2D eigenvalue weighted by molar-refractivity contribution is 8.76. The highest BCUT2D eigenvalue weighted by atomic mass is 33.1. The Bertz CT molecular complexity index is 933. The van der Waals surface area contributed by atoms with Crippen LogP contribution in [-0.2, 0) is 11.3 Å². The minimum Gasteiger partial charge on any atom is -0.461 e. The molecule has 1 heterocycles. The largest absolute Gasteiger partial charge is 0.461 e. The van der Waals surface area contributed by atoms with Crippen LogP contribution in [0.1, 0.15) is 5.56 Å². The summed E-state index contributed by atoms with van der Waals surface area (Å²) in [7, 11) is 3.23. The Hall–Kier alpha value is -2.97. The lowest BCUT2D eigenvalue weighted by molar-refractivity contribution is -0.384. The lowest BCUT2D eigenvalue weighted by Crippen LogP contribution is -2.00. The van der Waals surface area contributed by atoms with Crippen LogP contribution in [0.2, 0.25) is 0 Å². The molecule has 0 amide bonds. The fraction of sp³-hybridized carbons (Fsp3) is 0.0500. The van der Waals surface area contributed by atoms with E-state index in [4.69, 9.17) is 9.47 Å². The molecule has 0 saturated carbocycles. The van der Waals surface area contributed by atoms with Crippen molar-refractivity contribution in [3.63, 3.8) is 0 Å². The summed E-state index contributed by atoms with van der Waals surface area (Å²) in [6, 6.07) is 19.5. The lowest BCUT2D eigenvalue weighted by atomic mass is 10.2. The molecule has 0 aliphatic carbocycles. The molecule has 28 heavy (non-hydrogen) atoms. The van der Waals surface area contributed by atoms with Crippen molar-refractivity contribution in [1.82, 2.24) is 4.98 Å². The molecule has 8 heteroatoms. The third kappa shape index (κ3) is 6.04. The molecular formula is C20H16N2O4S2. The van der Waals surface area contributed by atoms with E-state index in [1.54, 1.807) is 27.8 Å². The van der Waals surface area contributed by atoms with Gasteiger partial charge in [0.25, 0.3) is 11.6 Å². The molecule has 0 fully saturated rings. The molecular weight excluding hydrogens is 396 g/mol. The Labute approximate surface area is 170 Å². The molecule has 0 atom stereocenters. The third-order valence-electron chi connectivity index (χ3n) is 3.46. The topological polar surface area (TPSA) is 74.5 Å². The highest BCUT2D eigenvalue weighted by Crippen LogP contribution is 2.36. The molecule has 3 rings (SSSR count). The molecule has 0 N–H and O–H groups in total. The normalized spacial score (nSPS) is 10.3. The van der Waals surface area contributed by atoms with Crippen molar-refractivity contribution >= 4 is 27.3 Å². The van der Waals surface area contributed by atoms with E-state index in [0.29, 0.717) is 12.4 Å². The van der Waals surface area contributed by atoms with E-state index >= 15 is 0 Å². The van der Waals surface area contributed by atoms with E-state index in [9.17, 15) is 10.1 Å². The predicted octanol–water partition coefficient (Wildman–Crippen LogP) is 5.86. The number of hydrogen-bond acceptors (Lipinski definition) is 7. The number of pyridine rings is 1. The van der Waals surface area contributed by atoms with Crippen LogP contribution in [0.5, 0.6) is 5.75 Å². The van der Waals surface area contributed by atoms with Gasteiger partial charge in [-0.25, -0.2) is 4.98 Å². The number of nitro benzene ring substituents is 1. The van der Waals surface area contributed by atoms with Crippen LogP contribution < -0.4 is 4.74 Å². The summed E-state index contributed by atoms with van der Waals surface area (Å²) in [4.78, 5) is 15.6. The van der Waals surface area contributed by atoms with Crippen molar-refractivity contribution in [3.05, 3.63) is 101 Å². The highest BCUT2D eigenvalue weighted by Gasteiger charge is 2.06. The number of aromatic nitrogens is 1. The van der Waals surface area contributed by atoms with Gasteiger partial charge in [0, 0.05) is 23.2 Å². The summed E-state index contributed by atoms with van der Waals surface area (Å²) in [6.45, 7) is 4.02. The fourth-order valence-corrected chi connectivity index (χ4v) is 3.93. The number of hydrogen-bond donors (Lipinski definition) is 0. The Morgan fingerprint density at radius 1 is 1.04 bits per heavy atom. The van der Waals surface area contributed by atoms with Gasteiger partial charge in [-0.05, 0) is 59.3 Å². The predicted molar refractivity (Wildman–Crippen MR) is 110 cm³/mol. The van der Waals surface area contributed by atoms with E-state index in [1.165, 1.54) is 24.3 Å². The zero-order chi connectivity index (χ0) is 19.8. The second-order valence-corrected chi connectivity index (χ2v) is 7.72. The molecule has 3 aromatic rings. The second kappa shape index (κ2) is 9.82. The van der Waals surface area contributed by atoms with Crippen molar-refractivity contribution in [2.75, 3.05) is 0 Å². The van der Waals surface area contributed by atoms with Gasteiger partial charge in [0.15, 0.2) is 0 Å². The molecule has 0 bridgehead atoms. The SMILES string of the molecule is C=C(OCc1ccc(SSc2ccccn2)cc1)Oc1ccc([N+](=O)[O-])cc1. The van der Waals surface area contributed by atoms with Crippen LogP contribution in [0.15, 0.2) is 95.4 Å². The lowest BCUT2D eigenvalue weighted by Gasteiger charge is -2.10. The molecule has 0 spiro atoms. The van der Waals surface area contributed by atoms with Crippen molar-refractivity contribution in [3.8, 4) is 5.75 Å². The van der Waals surface area contributed by atoms with Gasteiger partial charge >= 0.3 is 0 Å². The first kappa shape index (κ1) is 19.8. The number of nitro groups is 1. The molecule has 1 aromatic heterocycles. The summed E-state index contributed by atoms with van der Waals surface area (Å²) in [5.41, 5.74) is 0.971. The number of benzene rings is 2. The molecule has 0 unspecified atom stereocenters. The summed E-state index contributed by atoms with van der Waals surface area (Å²) in [6.07, 6.45) is 1.77. The standard InChI is InChI=1S/C20H16N2O4S2/c1-15(26-18-9-7-17(8-10-18)22(23)24)25-14-16-5-11-19(12-6-16)27-28-20-4-2-3-13-21-20/h2-13H,1,14H2. The zero-order valence-corrected chi connectivity index (χ0v) is 16.3. The third-order valence-corrected chi connectivity index (χ3v) is 5.76. The van der Waals surface area contributed by atoms with E-state index in [1.807, 2.05) is 42.5 Å². The molecule has 0 radical (unpaired) electrons. The van der Waals surface area contributed by atoms with E-state index in [2.05, 4.69) is 11.6 Å². The summed E-state index contributed by atoms with van der Waals surface area (Å²) in [5, 5.41) is 11.6. The van der Waals surface area contributed by atoms with Crippen molar-refractivity contribution in [1.29, 1.82) is 0 Å². The van der Waals surface area contributed by atoms with Gasteiger partial charge in [0.2, 0.25) is 0 Å². The monoisotopic (exact) mass is 412 g/mol. The molecule has 0 saturated heterocycles. The minimum absolute atomic E-state index is 0.00181. The van der Waals surface area contributed by atoms with Gasteiger partial charge in [-0.3, -0.25) is 10.1 Å². The van der Waals surface area contributed by atoms with Crippen LogP contribution in [0.25, 0.3) is 0 Å². The summed E-state index contributed by atoms with van der Waals surface area (Å²) in [5.74, 6) is 0.548. The van der Waals surface area contributed by atoms with Crippen molar-refractivity contribution in [2.45, 2.75) is 16.5 Å². The smallest absolute Gasteiger partial charge is 0.277 e. The number of nitrogens with zero attached hydrogens (tertiary/aromatic N) is 2. The van der Waals surface area contributed by atoms with Gasteiger partial charge in [0.1, 0.15) is 17.4 Å². The number of non-ortho nitro benzene ring substituents is 1. The van der Waals surface area contributed by atoms with Gasteiger partial charge in [-0.1, -0.05) is 29.0 Å². The van der Waals surface area contributed by atoms with Crippen LogP contribution in [0.4, 0.5) is 5.69 Å². The maximum absolute atomic E-state index is 10.6. The molecule has 6 nitrogen and oxygen atoms in total. The van der Waals surface area contributed by atoms with Gasteiger partial charge in [-0.15, -0.1) is 0 Å². The van der Waals surface area contributed by atoms with Crippen molar-refractivity contribution in [2.24, 2.45) is 0 Å². The van der Waals surface area contributed by atoms with Crippen LogP contribution in [0, 0.1) is 10.1 Å². The summed E-state index contributed by atoms with van der Waals surface area (Å²) >= 11 is 0. The van der Waals surface area contributed by atoms with Gasteiger partial charge in [0.05, 0.1) is 4.92 Å². The first-order chi connectivity index (χ1) is 13.6. The van der Waals surface area contributed by atoms with Crippen LogP contribution >= 0.6 is 21.6 Å². The Kier molecular flexibility index (Phi) is 6.94. The van der Waals surface area contributed by atoms with Crippen molar-refractivity contribution < 1.29 is 14.4 Å². The average molecular weight is 412 g/mol. The Balaban J connectivity index is 1.45. The van der Waals surface area contributed by atoms with E-state index < -0.39 is 4.92 Å². The minimum atomic E-state index is -0.466. The maximum Gasteiger partial charge on any atom is 0.277 e. The summed E-state index contributed by atoms with van der Waals surface area (Å²) < 4.78 is 10.9. The molecule has 0 aliphatic heterocycles. The number of ether oxygens (including phenoxy) is 2. The zero-order valence-electron chi connectivity index (χ0n) is 14.7. The molecule has 2 aromatic carbocycles.